The van der Waals surface area contributed by atoms with Gasteiger partial charge in [-0.2, -0.15) is 0 Å². The lowest BCUT2D eigenvalue weighted by atomic mass is 9.64. The van der Waals surface area contributed by atoms with Crippen molar-refractivity contribution in [2.75, 3.05) is 11.9 Å². The number of carbonyl (C=O) groups is 1. The van der Waals surface area contributed by atoms with Crippen molar-refractivity contribution < 1.29 is 9.72 Å². The first-order chi connectivity index (χ1) is 11.5. The topological polar surface area (TPSA) is 111 Å². The number of anilines is 1. The molecule has 0 bridgehead atoms. The fourth-order valence-corrected chi connectivity index (χ4v) is 3.10. The van der Waals surface area contributed by atoms with E-state index in [9.17, 15) is 14.9 Å². The minimum Gasteiger partial charge on any atom is -0.369 e. The number of hydrogen-bond donors (Lipinski definition) is 2. The number of primary amides is 1. The Hall–Kier alpha value is -2.96. The van der Waals surface area contributed by atoms with Gasteiger partial charge in [0.15, 0.2) is 0 Å². The number of benzene rings is 1. The third-order valence-corrected chi connectivity index (χ3v) is 4.64. The molecule has 0 radical (unpaired) electrons. The van der Waals surface area contributed by atoms with Gasteiger partial charge < -0.3 is 11.1 Å². The smallest absolute Gasteiger partial charge is 0.288 e. The molecule has 3 N–H and O–H groups in total. The first-order valence-corrected chi connectivity index (χ1v) is 7.75. The molecule has 7 nitrogen and oxygen atoms in total. The van der Waals surface area contributed by atoms with Crippen LogP contribution in [0.2, 0.25) is 0 Å². The van der Waals surface area contributed by atoms with E-state index in [1.165, 1.54) is 5.56 Å². The Balaban J connectivity index is 1.83. The standard InChI is InChI=1S/C17H18N4O3/c18-15(22)14-9-13(21(23)24)10-19-16(14)20-11-17(7-4-8-17)12-5-2-1-3-6-12/h1-3,5-6,9-10H,4,7-8,11H2,(H2,18,22)(H,19,20). The van der Waals surface area contributed by atoms with Crippen LogP contribution in [-0.2, 0) is 5.41 Å². The molecule has 2 aromatic rings. The quantitative estimate of drug-likeness (QED) is 0.626. The maximum absolute atomic E-state index is 11.6. The molecule has 1 aromatic heterocycles. The number of rotatable bonds is 6. The number of hydrogen-bond acceptors (Lipinski definition) is 5. The minimum atomic E-state index is -0.740. The molecule has 1 aromatic carbocycles. The summed E-state index contributed by atoms with van der Waals surface area (Å²) in [5.74, 6) is -0.452. The second-order valence-corrected chi connectivity index (χ2v) is 6.06. The molecular formula is C17H18N4O3. The van der Waals surface area contributed by atoms with Crippen LogP contribution in [0.15, 0.2) is 42.6 Å². The third-order valence-electron chi connectivity index (χ3n) is 4.64. The number of nitrogens with zero attached hydrogens (tertiary/aromatic N) is 2. The highest BCUT2D eigenvalue weighted by Crippen LogP contribution is 2.43. The van der Waals surface area contributed by atoms with E-state index in [1.807, 2.05) is 18.2 Å². The van der Waals surface area contributed by atoms with Gasteiger partial charge in [-0.3, -0.25) is 14.9 Å². The highest BCUT2D eigenvalue weighted by atomic mass is 16.6. The summed E-state index contributed by atoms with van der Waals surface area (Å²) >= 11 is 0. The normalized spacial score (nSPS) is 15.3. The van der Waals surface area contributed by atoms with Crippen molar-refractivity contribution in [2.24, 2.45) is 5.73 Å². The van der Waals surface area contributed by atoms with E-state index in [2.05, 4.69) is 22.4 Å². The Morgan fingerprint density at radius 1 is 1.33 bits per heavy atom. The van der Waals surface area contributed by atoms with E-state index >= 15 is 0 Å². The van der Waals surface area contributed by atoms with E-state index in [1.54, 1.807) is 0 Å². The molecule has 124 valence electrons. The largest absolute Gasteiger partial charge is 0.369 e. The maximum Gasteiger partial charge on any atom is 0.288 e. The van der Waals surface area contributed by atoms with Crippen LogP contribution in [0.25, 0.3) is 0 Å². The van der Waals surface area contributed by atoms with Crippen LogP contribution in [0, 0.1) is 10.1 Å². The zero-order valence-electron chi connectivity index (χ0n) is 13.1. The van der Waals surface area contributed by atoms with Crippen molar-refractivity contribution in [3.05, 3.63) is 63.8 Å². The van der Waals surface area contributed by atoms with E-state index in [4.69, 9.17) is 5.73 Å². The number of amides is 1. The molecule has 1 amide bonds. The Labute approximate surface area is 139 Å². The van der Waals surface area contributed by atoms with E-state index in [0.717, 1.165) is 31.5 Å². The zero-order chi connectivity index (χ0) is 17.2. The van der Waals surface area contributed by atoms with Crippen molar-refractivity contribution in [3.8, 4) is 0 Å². The number of carbonyl (C=O) groups excluding carboxylic acids is 1. The molecule has 7 heteroatoms. The van der Waals surface area contributed by atoms with Gasteiger partial charge in [0, 0.05) is 18.0 Å². The third kappa shape index (κ3) is 2.92. The van der Waals surface area contributed by atoms with Crippen LogP contribution >= 0.6 is 0 Å². The van der Waals surface area contributed by atoms with Crippen LogP contribution in [0.4, 0.5) is 11.5 Å². The first-order valence-electron chi connectivity index (χ1n) is 7.75. The van der Waals surface area contributed by atoms with Gasteiger partial charge in [-0.25, -0.2) is 4.98 Å². The predicted molar refractivity (Wildman–Crippen MR) is 89.9 cm³/mol. The summed E-state index contributed by atoms with van der Waals surface area (Å²) in [4.78, 5) is 25.9. The molecule has 24 heavy (non-hydrogen) atoms. The van der Waals surface area contributed by atoms with Crippen molar-refractivity contribution >= 4 is 17.4 Å². The molecular weight excluding hydrogens is 308 g/mol. The highest BCUT2D eigenvalue weighted by Gasteiger charge is 2.38. The van der Waals surface area contributed by atoms with Gasteiger partial charge in [-0.1, -0.05) is 36.8 Å². The lowest BCUT2D eigenvalue weighted by Crippen LogP contribution is -2.41. The summed E-state index contributed by atoms with van der Waals surface area (Å²) in [6, 6.07) is 11.3. The highest BCUT2D eigenvalue weighted by molar-refractivity contribution is 5.98. The summed E-state index contributed by atoms with van der Waals surface area (Å²) in [5, 5.41) is 14.0. The molecule has 1 fully saturated rings. The molecule has 3 rings (SSSR count). The fourth-order valence-electron chi connectivity index (χ4n) is 3.10. The number of nitrogens with one attached hydrogen (secondary N) is 1. The number of nitro groups is 1. The van der Waals surface area contributed by atoms with Gasteiger partial charge in [-0.05, 0) is 18.4 Å². The molecule has 0 saturated heterocycles. The predicted octanol–water partition coefficient (Wildman–Crippen LogP) is 2.62. The Morgan fingerprint density at radius 2 is 2.04 bits per heavy atom. The van der Waals surface area contributed by atoms with Crippen LogP contribution in [0.5, 0.6) is 0 Å². The first kappa shape index (κ1) is 15.9. The second-order valence-electron chi connectivity index (χ2n) is 6.06. The van der Waals surface area contributed by atoms with Crippen molar-refractivity contribution in [1.82, 2.24) is 4.98 Å². The summed E-state index contributed by atoms with van der Waals surface area (Å²) in [7, 11) is 0. The van der Waals surface area contributed by atoms with Gasteiger partial charge in [0.2, 0.25) is 0 Å². The lowest BCUT2D eigenvalue weighted by Gasteiger charge is -2.42. The van der Waals surface area contributed by atoms with Crippen molar-refractivity contribution in [1.29, 1.82) is 0 Å². The van der Waals surface area contributed by atoms with Crippen LogP contribution < -0.4 is 11.1 Å². The van der Waals surface area contributed by atoms with Crippen LogP contribution in [0.1, 0.15) is 35.2 Å². The summed E-state index contributed by atoms with van der Waals surface area (Å²) in [5.41, 5.74) is 6.36. The van der Waals surface area contributed by atoms with Crippen LogP contribution in [0.3, 0.4) is 0 Å². The van der Waals surface area contributed by atoms with Crippen molar-refractivity contribution in [3.63, 3.8) is 0 Å². The fraction of sp³-hybridized carbons (Fsp3) is 0.294. The average molecular weight is 326 g/mol. The molecule has 1 heterocycles. The average Bonchev–Trinajstić information content (AvgIpc) is 2.54. The molecule has 0 atom stereocenters. The molecule has 1 aliphatic rings. The van der Waals surface area contributed by atoms with Crippen LogP contribution in [-0.4, -0.2) is 22.4 Å². The molecule has 0 unspecified atom stereocenters. The van der Waals surface area contributed by atoms with Gasteiger partial charge in [0.05, 0.1) is 10.5 Å². The minimum absolute atomic E-state index is 0.000366. The lowest BCUT2D eigenvalue weighted by molar-refractivity contribution is -0.385. The Morgan fingerprint density at radius 3 is 2.58 bits per heavy atom. The number of pyridine rings is 1. The number of aromatic nitrogens is 1. The van der Waals surface area contributed by atoms with Gasteiger partial charge >= 0.3 is 0 Å². The zero-order valence-corrected chi connectivity index (χ0v) is 13.1. The van der Waals surface area contributed by atoms with E-state index < -0.39 is 10.8 Å². The monoisotopic (exact) mass is 326 g/mol. The maximum atomic E-state index is 11.6. The van der Waals surface area contributed by atoms with E-state index in [0.29, 0.717) is 6.54 Å². The Kier molecular flexibility index (Phi) is 4.16. The molecule has 1 aliphatic carbocycles. The van der Waals surface area contributed by atoms with Gasteiger partial charge in [0.25, 0.3) is 11.6 Å². The summed E-state index contributed by atoms with van der Waals surface area (Å²) < 4.78 is 0. The molecule has 1 saturated carbocycles. The van der Waals surface area contributed by atoms with Gasteiger partial charge in [-0.15, -0.1) is 0 Å². The Bertz CT molecular complexity index is 773. The SMILES string of the molecule is NC(=O)c1cc([N+](=O)[O-])cnc1NCC1(c2ccccc2)CCC1. The summed E-state index contributed by atoms with van der Waals surface area (Å²) in [6.07, 6.45) is 4.36. The van der Waals surface area contributed by atoms with Gasteiger partial charge in [0.1, 0.15) is 12.0 Å². The molecule has 0 spiro atoms. The molecule has 0 aliphatic heterocycles. The summed E-state index contributed by atoms with van der Waals surface area (Å²) in [6.45, 7) is 0.599. The number of nitrogens with two attached hydrogens (primary N) is 1. The second kappa shape index (κ2) is 6.27. The van der Waals surface area contributed by atoms with E-state index in [-0.39, 0.29) is 22.5 Å². The van der Waals surface area contributed by atoms with Crippen molar-refractivity contribution in [2.45, 2.75) is 24.7 Å².